The Morgan fingerprint density at radius 1 is 1.48 bits per heavy atom. The zero-order chi connectivity index (χ0) is 16.8. The number of para-hydroxylation sites is 1. The first-order chi connectivity index (χ1) is 10.8. The molecular weight excluding hydrogens is 323 g/mol. The molecule has 2 aromatic rings. The molecule has 1 aliphatic heterocycles. The summed E-state index contributed by atoms with van der Waals surface area (Å²) in [4.78, 5) is 13.7. The van der Waals surface area contributed by atoms with Crippen LogP contribution in [0.4, 0.5) is 0 Å². The maximum Gasteiger partial charge on any atom is 0.325 e. The Morgan fingerprint density at radius 2 is 2.22 bits per heavy atom. The summed E-state index contributed by atoms with van der Waals surface area (Å²) in [5, 5.41) is 19.9. The summed E-state index contributed by atoms with van der Waals surface area (Å²) in [5.74, 6) is 0. The number of aliphatic hydroxyl groups is 2. The molecule has 9 heteroatoms. The quantitative estimate of drug-likeness (QED) is 0.704. The molecule has 2 unspecified atom stereocenters. The highest BCUT2D eigenvalue weighted by molar-refractivity contribution is 7.51. The molecule has 126 valence electrons. The molecule has 0 bridgehead atoms. The summed E-state index contributed by atoms with van der Waals surface area (Å²) in [7, 11) is -3.84. The monoisotopic (exact) mass is 342 g/mol. The van der Waals surface area contributed by atoms with Gasteiger partial charge in [0.1, 0.15) is 18.3 Å². The van der Waals surface area contributed by atoms with Crippen molar-refractivity contribution >= 4 is 18.6 Å². The molecule has 2 heterocycles. The van der Waals surface area contributed by atoms with E-state index in [1.807, 2.05) is 25.1 Å². The zero-order valence-corrected chi connectivity index (χ0v) is 13.6. The van der Waals surface area contributed by atoms with Crippen LogP contribution in [0.2, 0.25) is 0 Å². The molecule has 1 fully saturated rings. The average molecular weight is 342 g/mol. The van der Waals surface area contributed by atoms with E-state index in [-0.39, 0.29) is 0 Å². The Morgan fingerprint density at radius 3 is 2.87 bits per heavy atom. The molecule has 0 amide bonds. The van der Waals surface area contributed by atoms with Crippen molar-refractivity contribution in [1.29, 1.82) is 0 Å². The van der Waals surface area contributed by atoms with Crippen molar-refractivity contribution in [3.05, 3.63) is 30.1 Å². The fourth-order valence-corrected chi connectivity index (χ4v) is 3.57. The van der Waals surface area contributed by atoms with Crippen LogP contribution in [0.3, 0.4) is 0 Å². The maximum atomic E-state index is 11.5. The lowest BCUT2D eigenvalue weighted by molar-refractivity contribution is -0.0503. The molecule has 0 spiro atoms. The summed E-state index contributed by atoms with van der Waals surface area (Å²) in [6.45, 7) is 2.51. The zero-order valence-electron chi connectivity index (χ0n) is 12.7. The van der Waals surface area contributed by atoms with Gasteiger partial charge in [-0.2, -0.15) is 0 Å². The summed E-state index contributed by atoms with van der Waals surface area (Å²) in [6, 6.07) is 5.63. The molecule has 3 N–H and O–H groups in total. The van der Waals surface area contributed by atoms with Crippen LogP contribution < -0.4 is 0 Å². The predicted octanol–water partition coefficient (Wildman–Crippen LogP) is 0.796. The minimum Gasteiger partial charge on any atom is -0.394 e. The van der Waals surface area contributed by atoms with Gasteiger partial charge in [0.25, 0.3) is 0 Å². The number of rotatable bonds is 4. The number of imidazole rings is 1. The van der Waals surface area contributed by atoms with Crippen LogP contribution in [0.15, 0.2) is 24.5 Å². The fourth-order valence-electron chi connectivity index (χ4n) is 2.86. The number of aromatic nitrogens is 2. The molecule has 5 atom stereocenters. The maximum absolute atomic E-state index is 11.5. The van der Waals surface area contributed by atoms with Gasteiger partial charge in [0, 0.05) is 6.66 Å². The molecule has 1 aromatic carbocycles. The van der Waals surface area contributed by atoms with Gasteiger partial charge in [0.2, 0.25) is 0 Å². The van der Waals surface area contributed by atoms with Gasteiger partial charge in [0.15, 0.2) is 6.23 Å². The van der Waals surface area contributed by atoms with Gasteiger partial charge in [-0.15, -0.1) is 0 Å². The van der Waals surface area contributed by atoms with E-state index >= 15 is 0 Å². The van der Waals surface area contributed by atoms with Gasteiger partial charge in [-0.05, 0) is 18.6 Å². The molecule has 8 nitrogen and oxygen atoms in total. The first-order valence-corrected chi connectivity index (χ1v) is 9.19. The standard InChI is InChI=1S/C14H19N2O6P/c1-8-4-3-5-9-11(8)15-7-16(9)14-12(18)13(10(6-17)21-14)22-23(2,19)20/h3-5,7,10,12-14,17-18H,6H2,1-2H3,(H,19,20)/t10-,12?,13?,14-/m1/s1. The Hall–Kier alpha value is -1.28. The van der Waals surface area contributed by atoms with E-state index < -0.39 is 38.7 Å². The first-order valence-electron chi connectivity index (χ1n) is 7.17. The van der Waals surface area contributed by atoms with Crippen molar-refractivity contribution in [2.75, 3.05) is 13.3 Å². The van der Waals surface area contributed by atoms with Gasteiger partial charge in [0.05, 0.1) is 24.0 Å². The van der Waals surface area contributed by atoms with Gasteiger partial charge in [-0.3, -0.25) is 9.09 Å². The Bertz CT molecular complexity index is 757. The summed E-state index contributed by atoms with van der Waals surface area (Å²) < 4.78 is 23.8. The average Bonchev–Trinajstić information content (AvgIpc) is 3.01. The van der Waals surface area contributed by atoms with E-state index in [1.54, 1.807) is 4.57 Å². The van der Waals surface area contributed by atoms with Gasteiger partial charge in [-0.25, -0.2) is 4.98 Å². The van der Waals surface area contributed by atoms with Crippen molar-refractivity contribution in [3.8, 4) is 0 Å². The van der Waals surface area contributed by atoms with Crippen LogP contribution in [0.1, 0.15) is 11.8 Å². The SMILES string of the molecule is Cc1cccc2c1ncn2[C@@H]1O[C@H](CO)C(O[P@](C)(=O)O)C1O. The van der Waals surface area contributed by atoms with E-state index in [0.717, 1.165) is 23.3 Å². The van der Waals surface area contributed by atoms with E-state index in [9.17, 15) is 19.7 Å². The van der Waals surface area contributed by atoms with Crippen LogP contribution in [-0.2, 0) is 13.8 Å². The van der Waals surface area contributed by atoms with Crippen molar-refractivity contribution in [2.24, 2.45) is 0 Å². The third-order valence-corrected chi connectivity index (χ3v) is 4.52. The van der Waals surface area contributed by atoms with Crippen molar-refractivity contribution in [1.82, 2.24) is 9.55 Å². The van der Waals surface area contributed by atoms with Crippen molar-refractivity contribution in [3.63, 3.8) is 0 Å². The Kier molecular flexibility index (Phi) is 4.31. The fraction of sp³-hybridized carbons (Fsp3) is 0.500. The molecule has 0 saturated carbocycles. The topological polar surface area (TPSA) is 114 Å². The third kappa shape index (κ3) is 3.06. The van der Waals surface area contributed by atoms with Crippen LogP contribution in [0.5, 0.6) is 0 Å². The molecule has 0 aliphatic carbocycles. The number of hydrogen-bond donors (Lipinski definition) is 3. The Balaban J connectivity index is 1.96. The van der Waals surface area contributed by atoms with E-state index in [1.165, 1.54) is 6.33 Å². The molecule has 0 radical (unpaired) electrons. The van der Waals surface area contributed by atoms with Crippen LogP contribution in [0, 0.1) is 6.92 Å². The second-order valence-corrected chi connectivity index (χ2v) is 7.52. The number of benzene rings is 1. The van der Waals surface area contributed by atoms with Crippen molar-refractivity contribution in [2.45, 2.75) is 31.5 Å². The highest BCUT2D eigenvalue weighted by atomic mass is 31.2. The minimum atomic E-state index is -3.84. The largest absolute Gasteiger partial charge is 0.394 e. The summed E-state index contributed by atoms with van der Waals surface area (Å²) in [5.41, 5.74) is 2.51. The van der Waals surface area contributed by atoms with Gasteiger partial charge < -0.3 is 24.4 Å². The highest BCUT2D eigenvalue weighted by Gasteiger charge is 2.47. The number of fused-ring (bicyclic) bond motifs is 1. The second-order valence-electron chi connectivity index (χ2n) is 5.71. The number of hydrogen-bond acceptors (Lipinski definition) is 6. The molecule has 23 heavy (non-hydrogen) atoms. The smallest absolute Gasteiger partial charge is 0.325 e. The third-order valence-electron chi connectivity index (χ3n) is 3.89. The first kappa shape index (κ1) is 16.6. The Labute approximate surface area is 132 Å². The lowest BCUT2D eigenvalue weighted by Gasteiger charge is -2.21. The predicted molar refractivity (Wildman–Crippen MR) is 82.1 cm³/mol. The molecule has 1 aliphatic rings. The van der Waals surface area contributed by atoms with Crippen molar-refractivity contribution < 1.29 is 28.9 Å². The van der Waals surface area contributed by atoms with Crippen LogP contribution in [0.25, 0.3) is 11.0 Å². The normalized spacial score (nSPS) is 30.7. The highest BCUT2D eigenvalue weighted by Crippen LogP contribution is 2.44. The van der Waals surface area contributed by atoms with Gasteiger partial charge >= 0.3 is 7.60 Å². The number of aryl methyl sites for hydroxylation is 1. The van der Waals surface area contributed by atoms with Gasteiger partial charge in [-0.1, -0.05) is 12.1 Å². The summed E-state index contributed by atoms with van der Waals surface area (Å²) >= 11 is 0. The van der Waals surface area contributed by atoms with E-state index in [0.29, 0.717) is 0 Å². The number of ether oxygens (including phenoxy) is 1. The van der Waals surface area contributed by atoms with E-state index in [2.05, 4.69) is 4.98 Å². The van der Waals surface area contributed by atoms with Crippen LogP contribution >= 0.6 is 7.60 Å². The lowest BCUT2D eigenvalue weighted by Crippen LogP contribution is -2.35. The second kappa shape index (κ2) is 5.98. The molecule has 1 saturated heterocycles. The minimum absolute atomic E-state index is 0.441. The van der Waals surface area contributed by atoms with E-state index in [4.69, 9.17) is 9.26 Å². The molecule has 3 rings (SSSR count). The summed E-state index contributed by atoms with van der Waals surface area (Å²) in [6.07, 6.45) is -2.56. The number of aliphatic hydroxyl groups excluding tert-OH is 2. The number of nitrogens with zero attached hydrogens (tertiary/aromatic N) is 2. The van der Waals surface area contributed by atoms with Crippen LogP contribution in [-0.4, -0.2) is 56.2 Å². The molecule has 1 aromatic heterocycles. The molecular formula is C14H19N2O6P. The lowest BCUT2D eigenvalue weighted by atomic mass is 10.1.